The van der Waals surface area contributed by atoms with E-state index in [0.717, 1.165) is 5.56 Å². The summed E-state index contributed by atoms with van der Waals surface area (Å²) in [7, 11) is 3.16. The number of ether oxygens (including phenoxy) is 2. The molecule has 0 fully saturated rings. The fraction of sp³-hybridized carbons (Fsp3) is 0.263. The Bertz CT molecular complexity index is 940. The van der Waals surface area contributed by atoms with Crippen LogP contribution in [0.15, 0.2) is 40.9 Å². The number of methoxy groups -OCH3 is 2. The zero-order valence-electron chi connectivity index (χ0n) is 15.9. The molecule has 0 atom stereocenters. The highest BCUT2D eigenvalue weighted by molar-refractivity contribution is 5.89. The van der Waals surface area contributed by atoms with Crippen molar-refractivity contribution in [2.45, 2.75) is 19.8 Å². The molecule has 0 saturated heterocycles. The van der Waals surface area contributed by atoms with Crippen molar-refractivity contribution in [3.63, 3.8) is 0 Å². The van der Waals surface area contributed by atoms with Gasteiger partial charge in [0.2, 0.25) is 5.91 Å². The van der Waals surface area contributed by atoms with Gasteiger partial charge in [-0.2, -0.15) is 0 Å². The van der Waals surface area contributed by atoms with Gasteiger partial charge in [0.1, 0.15) is 5.76 Å². The first kappa shape index (κ1) is 19.2. The van der Waals surface area contributed by atoms with Crippen molar-refractivity contribution in [1.29, 1.82) is 0 Å². The van der Waals surface area contributed by atoms with E-state index in [2.05, 4.69) is 26.0 Å². The molecule has 0 saturated carbocycles. The summed E-state index contributed by atoms with van der Waals surface area (Å²) in [6.07, 6.45) is 0.861. The molecule has 0 aliphatic heterocycles. The molecule has 1 amide bonds. The number of rotatable bonds is 8. The van der Waals surface area contributed by atoms with Gasteiger partial charge in [0.15, 0.2) is 29.0 Å². The second-order valence-corrected chi connectivity index (χ2v) is 5.99. The number of amides is 1. The van der Waals surface area contributed by atoms with Crippen molar-refractivity contribution in [3.05, 3.63) is 47.7 Å². The third kappa shape index (κ3) is 4.97. The van der Waals surface area contributed by atoms with E-state index in [4.69, 9.17) is 14.0 Å². The fourth-order valence-corrected chi connectivity index (χ4v) is 2.52. The van der Waals surface area contributed by atoms with Crippen LogP contribution in [0.2, 0.25) is 0 Å². The second kappa shape index (κ2) is 8.85. The summed E-state index contributed by atoms with van der Waals surface area (Å²) in [5.41, 5.74) is 0.973. The third-order valence-electron chi connectivity index (χ3n) is 3.90. The van der Waals surface area contributed by atoms with Gasteiger partial charge in [-0.3, -0.25) is 4.79 Å². The third-order valence-corrected chi connectivity index (χ3v) is 3.90. The van der Waals surface area contributed by atoms with E-state index >= 15 is 0 Å². The van der Waals surface area contributed by atoms with Crippen molar-refractivity contribution in [2.75, 3.05) is 24.9 Å². The first-order valence-electron chi connectivity index (χ1n) is 8.62. The fourth-order valence-electron chi connectivity index (χ4n) is 2.52. The predicted octanol–water partition coefficient (Wildman–Crippen LogP) is 3.11. The van der Waals surface area contributed by atoms with Crippen LogP contribution >= 0.6 is 0 Å². The molecule has 1 aromatic carbocycles. The van der Waals surface area contributed by atoms with Crippen molar-refractivity contribution < 1.29 is 18.8 Å². The maximum Gasteiger partial charge on any atom is 0.225 e. The molecule has 3 rings (SSSR count). The molecule has 0 radical (unpaired) electrons. The summed E-state index contributed by atoms with van der Waals surface area (Å²) >= 11 is 0. The zero-order chi connectivity index (χ0) is 19.9. The Balaban J connectivity index is 1.52. The molecule has 2 heterocycles. The van der Waals surface area contributed by atoms with Crippen LogP contribution in [0.4, 0.5) is 17.5 Å². The zero-order valence-corrected chi connectivity index (χ0v) is 15.9. The minimum absolute atomic E-state index is 0.156. The number of hydrogen-bond acceptors (Lipinski definition) is 8. The van der Waals surface area contributed by atoms with Crippen LogP contribution < -0.4 is 20.1 Å². The van der Waals surface area contributed by atoms with Gasteiger partial charge in [-0.25, -0.2) is 0 Å². The Hall–Kier alpha value is -3.62. The Morgan fingerprint density at radius 3 is 2.39 bits per heavy atom. The largest absolute Gasteiger partial charge is 0.493 e. The van der Waals surface area contributed by atoms with Crippen LogP contribution in [0, 0.1) is 6.92 Å². The molecule has 0 unspecified atom stereocenters. The number of anilines is 3. The summed E-state index contributed by atoms with van der Waals surface area (Å²) in [6, 6.07) is 10.7. The number of aromatic nitrogens is 3. The molecular weight excluding hydrogens is 362 g/mol. The minimum Gasteiger partial charge on any atom is -0.493 e. The van der Waals surface area contributed by atoms with Crippen LogP contribution in [-0.4, -0.2) is 35.5 Å². The quantitative estimate of drug-likeness (QED) is 0.610. The lowest BCUT2D eigenvalue weighted by Crippen LogP contribution is -2.14. The van der Waals surface area contributed by atoms with E-state index in [1.165, 1.54) is 0 Å². The van der Waals surface area contributed by atoms with Crippen LogP contribution in [0.1, 0.15) is 17.7 Å². The van der Waals surface area contributed by atoms with E-state index in [-0.39, 0.29) is 5.91 Å². The molecule has 146 valence electrons. The molecule has 9 heteroatoms. The van der Waals surface area contributed by atoms with E-state index in [9.17, 15) is 4.79 Å². The average Bonchev–Trinajstić information content (AvgIpc) is 3.12. The summed E-state index contributed by atoms with van der Waals surface area (Å²) < 4.78 is 15.5. The maximum absolute atomic E-state index is 12.2. The standard InChI is InChI=1S/C19H21N5O4/c1-12-10-18(24-28-12)20-16-7-8-17(23-22-16)21-19(25)9-5-13-4-6-14(26-2)15(11-13)27-3/h4,6-8,10-11H,5,9H2,1-3H3,(H,20,22,24)(H,21,23,25). The van der Waals surface area contributed by atoms with Crippen LogP contribution in [-0.2, 0) is 11.2 Å². The molecule has 28 heavy (non-hydrogen) atoms. The Morgan fingerprint density at radius 1 is 1.00 bits per heavy atom. The number of nitrogens with zero attached hydrogens (tertiary/aromatic N) is 3. The van der Waals surface area contributed by atoms with Gasteiger partial charge in [0.05, 0.1) is 14.2 Å². The van der Waals surface area contributed by atoms with Crippen LogP contribution in [0.5, 0.6) is 11.5 Å². The van der Waals surface area contributed by atoms with Crippen LogP contribution in [0.25, 0.3) is 0 Å². The number of hydrogen-bond donors (Lipinski definition) is 2. The van der Waals surface area contributed by atoms with Crippen molar-refractivity contribution in [2.24, 2.45) is 0 Å². The van der Waals surface area contributed by atoms with E-state index in [1.807, 2.05) is 18.2 Å². The summed E-state index contributed by atoms with van der Waals surface area (Å²) in [5.74, 6) is 3.23. The second-order valence-electron chi connectivity index (χ2n) is 5.99. The number of carbonyl (C=O) groups excluding carboxylic acids is 1. The number of aryl methyl sites for hydroxylation is 2. The number of benzene rings is 1. The van der Waals surface area contributed by atoms with Gasteiger partial charge < -0.3 is 24.6 Å². The first-order valence-corrected chi connectivity index (χ1v) is 8.62. The lowest BCUT2D eigenvalue weighted by atomic mass is 10.1. The first-order chi connectivity index (χ1) is 13.6. The Labute approximate surface area is 162 Å². The molecule has 2 N–H and O–H groups in total. The molecule has 0 spiro atoms. The normalized spacial score (nSPS) is 10.4. The Kier molecular flexibility index (Phi) is 6.05. The summed E-state index contributed by atoms with van der Waals surface area (Å²) in [6.45, 7) is 1.80. The number of nitrogens with one attached hydrogen (secondary N) is 2. The average molecular weight is 383 g/mol. The molecule has 0 bridgehead atoms. The number of carbonyl (C=O) groups is 1. The Morgan fingerprint density at radius 2 is 1.75 bits per heavy atom. The highest BCUT2D eigenvalue weighted by Crippen LogP contribution is 2.28. The molecule has 0 aliphatic carbocycles. The van der Waals surface area contributed by atoms with Crippen LogP contribution in [0.3, 0.4) is 0 Å². The molecular formula is C19H21N5O4. The van der Waals surface area contributed by atoms with Crippen molar-refractivity contribution >= 4 is 23.4 Å². The van der Waals surface area contributed by atoms with Gasteiger partial charge in [-0.15, -0.1) is 10.2 Å². The highest BCUT2D eigenvalue weighted by Gasteiger charge is 2.09. The van der Waals surface area contributed by atoms with Gasteiger partial charge in [0, 0.05) is 12.5 Å². The van der Waals surface area contributed by atoms with E-state index < -0.39 is 0 Å². The van der Waals surface area contributed by atoms with E-state index in [0.29, 0.717) is 47.6 Å². The monoisotopic (exact) mass is 383 g/mol. The van der Waals surface area contributed by atoms with Gasteiger partial charge in [-0.1, -0.05) is 11.2 Å². The van der Waals surface area contributed by atoms with Gasteiger partial charge in [0.25, 0.3) is 0 Å². The molecule has 9 nitrogen and oxygen atoms in total. The molecule has 2 aromatic heterocycles. The van der Waals surface area contributed by atoms with Gasteiger partial charge >= 0.3 is 0 Å². The smallest absolute Gasteiger partial charge is 0.225 e. The summed E-state index contributed by atoms with van der Waals surface area (Å²) in [5, 5.41) is 17.5. The minimum atomic E-state index is -0.156. The SMILES string of the molecule is COc1ccc(CCC(=O)Nc2ccc(Nc3cc(C)on3)nn2)cc1OC. The lowest BCUT2D eigenvalue weighted by Gasteiger charge is -2.09. The van der Waals surface area contributed by atoms with Gasteiger partial charge in [-0.05, 0) is 43.2 Å². The highest BCUT2D eigenvalue weighted by atomic mass is 16.5. The predicted molar refractivity (Wildman–Crippen MR) is 103 cm³/mol. The maximum atomic E-state index is 12.2. The van der Waals surface area contributed by atoms with E-state index in [1.54, 1.807) is 39.3 Å². The molecule has 0 aliphatic rings. The topological polar surface area (TPSA) is 111 Å². The summed E-state index contributed by atoms with van der Waals surface area (Å²) in [4.78, 5) is 12.2. The van der Waals surface area contributed by atoms with Crippen molar-refractivity contribution in [1.82, 2.24) is 15.4 Å². The lowest BCUT2D eigenvalue weighted by molar-refractivity contribution is -0.116. The molecule has 3 aromatic rings. The van der Waals surface area contributed by atoms with Crippen molar-refractivity contribution in [3.8, 4) is 11.5 Å².